The van der Waals surface area contributed by atoms with E-state index in [1.54, 1.807) is 4.90 Å². The topological polar surface area (TPSA) is 70.2 Å². The molecule has 2 atom stereocenters. The summed E-state index contributed by atoms with van der Waals surface area (Å²) in [5.41, 5.74) is -0.666. The van der Waals surface area contributed by atoms with Crippen molar-refractivity contribution in [3.63, 3.8) is 0 Å². The molecule has 0 saturated carbocycles. The van der Waals surface area contributed by atoms with Crippen molar-refractivity contribution in [3.05, 3.63) is 70.8 Å². The standard InChI is InChI=1S/C29H31F6N3O4/c1-42-27(41)37-12-13-38(26(40)15-20-4-8-23(9-5-20)29(33,34)35)24(18-37)17-36-11-10-21(16-36)25(39)14-19-2-6-22(7-3-19)28(30,31)32/h2-9,21,24H,10-18H2,1H3. The van der Waals surface area contributed by atoms with Gasteiger partial charge in [-0.25, -0.2) is 4.79 Å². The molecule has 0 bridgehead atoms. The lowest BCUT2D eigenvalue weighted by Gasteiger charge is -2.42. The van der Waals surface area contributed by atoms with Crippen LogP contribution in [-0.4, -0.2) is 84.9 Å². The molecular weight excluding hydrogens is 568 g/mol. The highest BCUT2D eigenvalue weighted by Crippen LogP contribution is 2.30. The molecule has 2 fully saturated rings. The van der Waals surface area contributed by atoms with E-state index >= 15 is 0 Å². The Morgan fingerprint density at radius 1 is 0.786 bits per heavy atom. The van der Waals surface area contributed by atoms with Gasteiger partial charge < -0.3 is 19.4 Å². The molecule has 2 aromatic rings. The largest absolute Gasteiger partial charge is 0.453 e. The second-order valence-electron chi connectivity index (χ2n) is 10.6. The van der Waals surface area contributed by atoms with E-state index in [1.807, 2.05) is 4.90 Å². The van der Waals surface area contributed by atoms with Crippen LogP contribution in [0.15, 0.2) is 48.5 Å². The number of ether oxygens (including phenoxy) is 1. The van der Waals surface area contributed by atoms with Crippen molar-refractivity contribution in [1.29, 1.82) is 0 Å². The molecule has 42 heavy (non-hydrogen) atoms. The highest BCUT2D eigenvalue weighted by atomic mass is 19.4. The fourth-order valence-corrected chi connectivity index (χ4v) is 5.44. The highest BCUT2D eigenvalue weighted by Gasteiger charge is 2.37. The molecule has 2 saturated heterocycles. The summed E-state index contributed by atoms with van der Waals surface area (Å²) in [7, 11) is 1.26. The lowest BCUT2D eigenvalue weighted by Crippen LogP contribution is -2.60. The van der Waals surface area contributed by atoms with Crippen LogP contribution in [0.25, 0.3) is 0 Å². The number of hydrogen-bond acceptors (Lipinski definition) is 5. The lowest BCUT2D eigenvalue weighted by atomic mass is 9.96. The first-order valence-electron chi connectivity index (χ1n) is 13.4. The Morgan fingerprint density at radius 3 is 1.86 bits per heavy atom. The molecule has 2 aliphatic rings. The van der Waals surface area contributed by atoms with Gasteiger partial charge in [-0.3, -0.25) is 9.59 Å². The third kappa shape index (κ3) is 7.81. The fourth-order valence-electron chi connectivity index (χ4n) is 5.44. The lowest BCUT2D eigenvalue weighted by molar-refractivity contribution is -0.138. The van der Waals surface area contributed by atoms with E-state index in [1.165, 1.54) is 36.3 Å². The summed E-state index contributed by atoms with van der Waals surface area (Å²) in [4.78, 5) is 43.5. The number of rotatable bonds is 7. The van der Waals surface area contributed by atoms with Crippen molar-refractivity contribution in [1.82, 2.24) is 14.7 Å². The smallest absolute Gasteiger partial charge is 0.416 e. The van der Waals surface area contributed by atoms with E-state index in [-0.39, 0.29) is 50.1 Å². The van der Waals surface area contributed by atoms with Crippen LogP contribution in [0.2, 0.25) is 0 Å². The van der Waals surface area contributed by atoms with Gasteiger partial charge in [0.25, 0.3) is 0 Å². The van der Waals surface area contributed by atoms with Crippen LogP contribution in [-0.2, 0) is 39.5 Å². The van der Waals surface area contributed by atoms with Crippen molar-refractivity contribution in [2.24, 2.45) is 5.92 Å². The molecule has 2 unspecified atom stereocenters. The van der Waals surface area contributed by atoms with Crippen molar-refractivity contribution < 1.29 is 45.5 Å². The molecule has 0 radical (unpaired) electrons. The molecular formula is C29H31F6N3O4. The first kappa shape index (κ1) is 31.3. The number of ketones is 1. The SMILES string of the molecule is COC(=O)N1CCN(C(=O)Cc2ccc(C(F)(F)F)cc2)C(CN2CCC(C(=O)Cc3ccc(C(F)(F)F)cc3)C2)C1. The number of benzene rings is 2. The Balaban J connectivity index is 1.38. The van der Waals surface area contributed by atoms with Crippen LogP contribution in [0.1, 0.15) is 28.7 Å². The first-order chi connectivity index (χ1) is 19.7. The molecule has 0 aliphatic carbocycles. The number of halogens is 6. The Bertz CT molecular complexity index is 1260. The maximum absolute atomic E-state index is 13.3. The first-order valence-corrected chi connectivity index (χ1v) is 13.4. The second kappa shape index (κ2) is 12.7. The van der Waals surface area contributed by atoms with Gasteiger partial charge in [0.2, 0.25) is 5.91 Å². The molecule has 7 nitrogen and oxygen atoms in total. The molecule has 2 amide bonds. The Hall–Kier alpha value is -3.61. The Labute approximate surface area is 239 Å². The summed E-state index contributed by atoms with van der Waals surface area (Å²) in [5, 5.41) is 0. The number of nitrogens with zero attached hydrogens (tertiary/aromatic N) is 3. The number of hydrogen-bond donors (Lipinski definition) is 0. The Kier molecular flexibility index (Phi) is 9.49. The maximum atomic E-state index is 13.3. The Morgan fingerprint density at radius 2 is 1.33 bits per heavy atom. The average Bonchev–Trinajstić information content (AvgIpc) is 3.41. The van der Waals surface area contributed by atoms with E-state index in [4.69, 9.17) is 4.74 Å². The minimum Gasteiger partial charge on any atom is -0.453 e. The van der Waals surface area contributed by atoms with Crippen LogP contribution in [0.3, 0.4) is 0 Å². The number of carbonyl (C=O) groups is 3. The summed E-state index contributed by atoms with van der Waals surface area (Å²) < 4.78 is 82.1. The molecule has 2 aliphatic heterocycles. The van der Waals surface area contributed by atoms with Gasteiger partial charge in [0.15, 0.2) is 0 Å². The summed E-state index contributed by atoms with van der Waals surface area (Å²) in [5.74, 6) is -0.713. The number of likely N-dealkylation sites (tertiary alicyclic amines) is 1. The predicted octanol–water partition coefficient (Wildman–Crippen LogP) is 4.68. The average molecular weight is 600 g/mol. The van der Waals surface area contributed by atoms with Gasteiger partial charge in [0.05, 0.1) is 30.7 Å². The zero-order valence-electron chi connectivity index (χ0n) is 22.9. The molecule has 2 heterocycles. The van der Waals surface area contributed by atoms with Gasteiger partial charge in [-0.2, -0.15) is 26.3 Å². The van der Waals surface area contributed by atoms with Crippen LogP contribution in [0.5, 0.6) is 0 Å². The van der Waals surface area contributed by atoms with Crippen LogP contribution < -0.4 is 0 Å². The van der Waals surface area contributed by atoms with Crippen molar-refractivity contribution in [3.8, 4) is 0 Å². The quantitative estimate of drug-likeness (QED) is 0.433. The van der Waals surface area contributed by atoms with Crippen LogP contribution >= 0.6 is 0 Å². The van der Waals surface area contributed by atoms with Gasteiger partial charge in [0, 0.05) is 45.1 Å². The van der Waals surface area contributed by atoms with Gasteiger partial charge in [-0.15, -0.1) is 0 Å². The number of amides is 2. The highest BCUT2D eigenvalue weighted by molar-refractivity contribution is 5.84. The molecule has 13 heteroatoms. The summed E-state index contributed by atoms with van der Waals surface area (Å²) in [6.45, 7) is 1.94. The number of Topliss-reactive ketones (excluding diaryl/α,β-unsaturated/α-hetero) is 1. The van der Waals surface area contributed by atoms with Gasteiger partial charge in [0.1, 0.15) is 5.78 Å². The molecule has 0 N–H and O–H groups in total. The van der Waals surface area contributed by atoms with Crippen molar-refractivity contribution in [2.75, 3.05) is 46.4 Å². The molecule has 0 spiro atoms. The number of methoxy groups -OCH3 is 1. The van der Waals surface area contributed by atoms with E-state index < -0.39 is 35.6 Å². The number of carbonyl (C=O) groups excluding carboxylic acids is 3. The van der Waals surface area contributed by atoms with E-state index in [0.717, 1.165) is 24.3 Å². The molecule has 228 valence electrons. The van der Waals surface area contributed by atoms with Gasteiger partial charge in [-0.1, -0.05) is 24.3 Å². The second-order valence-corrected chi connectivity index (χ2v) is 10.6. The van der Waals surface area contributed by atoms with E-state index in [0.29, 0.717) is 37.2 Å². The van der Waals surface area contributed by atoms with Crippen molar-refractivity contribution >= 4 is 17.8 Å². The van der Waals surface area contributed by atoms with E-state index in [9.17, 15) is 40.7 Å². The van der Waals surface area contributed by atoms with Crippen molar-refractivity contribution in [2.45, 2.75) is 37.7 Å². The molecule has 4 rings (SSSR count). The predicted molar refractivity (Wildman–Crippen MR) is 139 cm³/mol. The normalized spacial score (nSPS) is 20.1. The monoisotopic (exact) mass is 599 g/mol. The minimum atomic E-state index is -4.48. The summed E-state index contributed by atoms with van der Waals surface area (Å²) >= 11 is 0. The molecule has 0 aromatic heterocycles. The third-order valence-corrected chi connectivity index (χ3v) is 7.73. The minimum absolute atomic E-state index is 0.00787. The maximum Gasteiger partial charge on any atom is 0.416 e. The summed E-state index contributed by atoms with van der Waals surface area (Å²) in [6.07, 6.45) is -9.03. The summed E-state index contributed by atoms with van der Waals surface area (Å²) in [6, 6.07) is 8.48. The van der Waals surface area contributed by atoms with Gasteiger partial charge >= 0.3 is 18.4 Å². The van der Waals surface area contributed by atoms with E-state index in [2.05, 4.69) is 0 Å². The zero-order valence-corrected chi connectivity index (χ0v) is 22.9. The fraction of sp³-hybridized carbons (Fsp3) is 0.483. The van der Waals surface area contributed by atoms with Gasteiger partial charge in [-0.05, 0) is 48.4 Å². The molecule has 2 aromatic carbocycles. The number of piperazine rings is 1. The van der Waals surface area contributed by atoms with Crippen LogP contribution in [0, 0.1) is 5.92 Å². The zero-order chi connectivity index (χ0) is 30.7. The van der Waals surface area contributed by atoms with Crippen LogP contribution in [0.4, 0.5) is 31.1 Å². The number of alkyl halides is 6. The third-order valence-electron chi connectivity index (χ3n) is 7.73.